The minimum Gasteiger partial charge on any atom is -0.493 e. The van der Waals surface area contributed by atoms with E-state index in [0.29, 0.717) is 29.2 Å². The molecule has 1 aromatic carbocycles. The molecular formula is C19H32IN3O3. The van der Waals surface area contributed by atoms with E-state index in [1.807, 2.05) is 12.1 Å². The van der Waals surface area contributed by atoms with Crippen molar-refractivity contribution in [1.29, 1.82) is 0 Å². The molecule has 1 aliphatic rings. The van der Waals surface area contributed by atoms with Crippen molar-refractivity contribution >= 4 is 29.9 Å². The average molecular weight is 477 g/mol. The third-order valence-electron chi connectivity index (χ3n) is 5.20. The Balaban J connectivity index is 0.00000338. The summed E-state index contributed by atoms with van der Waals surface area (Å²) in [5, 5.41) is 6.82. The molecule has 0 bridgehead atoms. The Morgan fingerprint density at radius 1 is 1.08 bits per heavy atom. The number of rotatable bonds is 8. The fourth-order valence-corrected chi connectivity index (χ4v) is 3.25. The van der Waals surface area contributed by atoms with Crippen molar-refractivity contribution < 1.29 is 14.2 Å². The number of methoxy groups -OCH3 is 3. The molecule has 148 valence electrons. The van der Waals surface area contributed by atoms with Gasteiger partial charge in [-0.05, 0) is 42.4 Å². The van der Waals surface area contributed by atoms with Gasteiger partial charge in [0.2, 0.25) is 5.75 Å². The quantitative estimate of drug-likeness (QED) is 0.341. The highest BCUT2D eigenvalue weighted by molar-refractivity contribution is 14.0. The molecule has 0 unspecified atom stereocenters. The Hall–Kier alpha value is -1.38. The molecule has 1 fully saturated rings. The molecule has 26 heavy (non-hydrogen) atoms. The van der Waals surface area contributed by atoms with Crippen LogP contribution in [0.3, 0.4) is 0 Å². The Bertz CT molecular complexity index is 573. The van der Waals surface area contributed by atoms with E-state index >= 15 is 0 Å². The van der Waals surface area contributed by atoms with E-state index < -0.39 is 0 Å². The molecule has 0 radical (unpaired) electrons. The first-order valence-corrected chi connectivity index (χ1v) is 8.84. The average Bonchev–Trinajstić information content (AvgIpc) is 2.62. The Morgan fingerprint density at radius 2 is 1.69 bits per heavy atom. The lowest BCUT2D eigenvalue weighted by Gasteiger charge is -2.41. The lowest BCUT2D eigenvalue weighted by atomic mass is 9.67. The third-order valence-corrected chi connectivity index (χ3v) is 5.20. The van der Waals surface area contributed by atoms with Crippen LogP contribution in [-0.4, -0.2) is 40.9 Å². The van der Waals surface area contributed by atoms with Crippen LogP contribution in [0, 0.1) is 5.41 Å². The van der Waals surface area contributed by atoms with Gasteiger partial charge >= 0.3 is 0 Å². The van der Waals surface area contributed by atoms with E-state index in [2.05, 4.69) is 22.5 Å². The highest BCUT2D eigenvalue weighted by Crippen LogP contribution is 2.43. The molecule has 7 heteroatoms. The maximum atomic E-state index is 5.40. The Kier molecular flexibility index (Phi) is 9.32. The van der Waals surface area contributed by atoms with Gasteiger partial charge in [0.05, 0.1) is 21.3 Å². The number of nitrogens with one attached hydrogen (secondary N) is 2. The summed E-state index contributed by atoms with van der Waals surface area (Å²) in [6.07, 6.45) is 5.16. The minimum absolute atomic E-state index is 0. The summed E-state index contributed by atoms with van der Waals surface area (Å²) in [6, 6.07) is 3.89. The van der Waals surface area contributed by atoms with Crippen LogP contribution in [0.2, 0.25) is 0 Å². The van der Waals surface area contributed by atoms with Gasteiger partial charge < -0.3 is 24.8 Å². The van der Waals surface area contributed by atoms with Crippen LogP contribution in [0.5, 0.6) is 17.2 Å². The molecule has 6 nitrogen and oxygen atoms in total. The summed E-state index contributed by atoms with van der Waals surface area (Å²) in [6.45, 7) is 3.86. The smallest absolute Gasteiger partial charge is 0.203 e. The molecule has 1 aliphatic carbocycles. The van der Waals surface area contributed by atoms with Crippen molar-refractivity contribution in [1.82, 2.24) is 10.6 Å². The number of benzene rings is 1. The van der Waals surface area contributed by atoms with Crippen molar-refractivity contribution in [3.8, 4) is 17.2 Å². The maximum Gasteiger partial charge on any atom is 0.203 e. The standard InChI is InChI=1S/C19H31N3O3.HI/c1-6-19(8-7-9-19)13-22-18(20-2)21-12-14-10-15(23-3)17(25-5)16(11-14)24-4;/h10-11H,6-9,12-13H2,1-5H3,(H2,20,21,22);1H. The molecule has 1 saturated carbocycles. The maximum absolute atomic E-state index is 5.40. The first-order chi connectivity index (χ1) is 12.1. The Labute approximate surface area is 174 Å². The highest BCUT2D eigenvalue weighted by Gasteiger charge is 2.34. The molecule has 2 rings (SSSR count). The second-order valence-corrected chi connectivity index (χ2v) is 6.52. The van der Waals surface area contributed by atoms with Gasteiger partial charge in [-0.25, -0.2) is 0 Å². The molecular weight excluding hydrogens is 445 g/mol. The predicted molar refractivity (Wildman–Crippen MR) is 116 cm³/mol. The summed E-state index contributed by atoms with van der Waals surface area (Å²) < 4.78 is 16.2. The largest absolute Gasteiger partial charge is 0.493 e. The number of nitrogens with zero attached hydrogens (tertiary/aromatic N) is 1. The highest BCUT2D eigenvalue weighted by atomic mass is 127. The van der Waals surface area contributed by atoms with E-state index in [4.69, 9.17) is 14.2 Å². The van der Waals surface area contributed by atoms with Gasteiger partial charge in [-0.2, -0.15) is 0 Å². The van der Waals surface area contributed by atoms with Gasteiger partial charge in [-0.15, -0.1) is 24.0 Å². The topological polar surface area (TPSA) is 64.1 Å². The van der Waals surface area contributed by atoms with Crippen LogP contribution in [0.25, 0.3) is 0 Å². The van der Waals surface area contributed by atoms with Crippen LogP contribution in [0.15, 0.2) is 17.1 Å². The second-order valence-electron chi connectivity index (χ2n) is 6.52. The molecule has 2 N–H and O–H groups in total. The number of guanidine groups is 1. The van der Waals surface area contributed by atoms with Crippen molar-refractivity contribution in [2.24, 2.45) is 10.4 Å². The monoisotopic (exact) mass is 477 g/mol. The molecule has 1 aromatic rings. The van der Waals surface area contributed by atoms with Crippen molar-refractivity contribution in [3.63, 3.8) is 0 Å². The van der Waals surface area contributed by atoms with Crippen molar-refractivity contribution in [2.45, 2.75) is 39.2 Å². The first-order valence-electron chi connectivity index (χ1n) is 8.84. The van der Waals surface area contributed by atoms with E-state index in [1.165, 1.54) is 25.7 Å². The van der Waals surface area contributed by atoms with Gasteiger partial charge in [0, 0.05) is 20.1 Å². The number of hydrogen-bond donors (Lipinski definition) is 2. The van der Waals surface area contributed by atoms with Crippen LogP contribution in [0.1, 0.15) is 38.2 Å². The molecule has 0 heterocycles. The van der Waals surface area contributed by atoms with E-state index in [0.717, 1.165) is 18.1 Å². The summed E-state index contributed by atoms with van der Waals surface area (Å²) in [4.78, 5) is 4.33. The van der Waals surface area contributed by atoms with E-state index in [-0.39, 0.29) is 24.0 Å². The first kappa shape index (κ1) is 22.7. The zero-order chi connectivity index (χ0) is 18.3. The molecule has 0 spiro atoms. The summed E-state index contributed by atoms with van der Waals surface area (Å²) >= 11 is 0. The van der Waals surface area contributed by atoms with E-state index in [1.54, 1.807) is 28.4 Å². The zero-order valence-corrected chi connectivity index (χ0v) is 18.8. The molecule has 0 saturated heterocycles. The minimum atomic E-state index is 0. The van der Waals surface area contributed by atoms with Gasteiger partial charge in [0.25, 0.3) is 0 Å². The summed E-state index contributed by atoms with van der Waals surface area (Å²) in [5.74, 6) is 2.72. The van der Waals surface area contributed by atoms with E-state index in [9.17, 15) is 0 Å². The number of ether oxygens (including phenoxy) is 3. The number of halogens is 1. The van der Waals surface area contributed by atoms with Crippen LogP contribution in [-0.2, 0) is 6.54 Å². The zero-order valence-electron chi connectivity index (χ0n) is 16.5. The van der Waals surface area contributed by atoms with Gasteiger partial charge in [0.1, 0.15) is 0 Å². The normalized spacial score (nSPS) is 15.3. The van der Waals surface area contributed by atoms with Crippen LogP contribution < -0.4 is 24.8 Å². The number of aliphatic imine (C=N–C) groups is 1. The van der Waals surface area contributed by atoms with Gasteiger partial charge in [-0.1, -0.05) is 13.3 Å². The predicted octanol–water partition coefficient (Wildman–Crippen LogP) is 3.58. The third kappa shape index (κ3) is 5.31. The fraction of sp³-hybridized carbons (Fsp3) is 0.632. The molecule has 0 amide bonds. The van der Waals surface area contributed by atoms with Crippen LogP contribution >= 0.6 is 24.0 Å². The lowest BCUT2D eigenvalue weighted by Crippen LogP contribution is -2.46. The molecule has 0 atom stereocenters. The summed E-state index contributed by atoms with van der Waals surface area (Å²) in [5.41, 5.74) is 1.48. The lowest BCUT2D eigenvalue weighted by molar-refractivity contribution is 0.131. The van der Waals surface area contributed by atoms with Crippen LogP contribution in [0.4, 0.5) is 0 Å². The molecule has 0 aliphatic heterocycles. The fourth-order valence-electron chi connectivity index (χ4n) is 3.25. The Morgan fingerprint density at radius 3 is 2.08 bits per heavy atom. The molecule has 0 aromatic heterocycles. The van der Waals surface area contributed by atoms with Crippen molar-refractivity contribution in [3.05, 3.63) is 17.7 Å². The summed E-state index contributed by atoms with van der Waals surface area (Å²) in [7, 11) is 6.65. The van der Waals surface area contributed by atoms with Gasteiger partial charge in [-0.3, -0.25) is 4.99 Å². The van der Waals surface area contributed by atoms with Crippen molar-refractivity contribution in [2.75, 3.05) is 34.9 Å². The number of hydrogen-bond acceptors (Lipinski definition) is 4. The SMILES string of the molecule is CCC1(CNC(=NC)NCc2cc(OC)c(OC)c(OC)c2)CCC1.I. The second kappa shape index (κ2) is 10.7. The van der Waals surface area contributed by atoms with Gasteiger partial charge in [0.15, 0.2) is 17.5 Å².